The van der Waals surface area contributed by atoms with Gasteiger partial charge in [-0.3, -0.25) is 4.79 Å². The average Bonchev–Trinajstić information content (AvgIpc) is 2.03. The van der Waals surface area contributed by atoms with Gasteiger partial charge in [0.1, 0.15) is 0 Å². The molecule has 0 amide bonds. The molecule has 1 nitrogen and oxygen atoms in total. The zero-order valence-corrected chi connectivity index (χ0v) is 8.32. The topological polar surface area (TPSA) is 17.1 Å². The minimum atomic E-state index is 0. The molecule has 0 saturated heterocycles. The normalized spacial score (nSPS) is 9.42. The van der Waals surface area contributed by atoms with Crippen molar-refractivity contribution in [2.24, 2.45) is 0 Å². The summed E-state index contributed by atoms with van der Waals surface area (Å²) < 4.78 is 0. The van der Waals surface area contributed by atoms with E-state index in [0.717, 1.165) is 5.56 Å². The SMILES string of the molecule is CC(=O)/C=C/c1ccccc1.[Pd]. The Kier molecular flexibility index (Phi) is 5.53. The Hall–Kier alpha value is -0.708. The fourth-order valence-electron chi connectivity index (χ4n) is 0.778. The van der Waals surface area contributed by atoms with Gasteiger partial charge >= 0.3 is 0 Å². The molecule has 66 valence electrons. The van der Waals surface area contributed by atoms with Crippen molar-refractivity contribution in [3.8, 4) is 0 Å². The molecule has 12 heavy (non-hydrogen) atoms. The van der Waals surface area contributed by atoms with E-state index in [4.69, 9.17) is 0 Å². The van der Waals surface area contributed by atoms with Crippen LogP contribution in [0.1, 0.15) is 12.5 Å². The van der Waals surface area contributed by atoms with Crippen molar-refractivity contribution in [3.63, 3.8) is 0 Å². The molecule has 0 bridgehead atoms. The predicted molar refractivity (Wildman–Crippen MR) is 46.2 cm³/mol. The summed E-state index contributed by atoms with van der Waals surface area (Å²) >= 11 is 0. The van der Waals surface area contributed by atoms with E-state index in [1.165, 1.54) is 0 Å². The summed E-state index contributed by atoms with van der Waals surface area (Å²) in [6, 6.07) is 9.75. The Bertz CT molecular complexity index is 264. The van der Waals surface area contributed by atoms with E-state index in [1.54, 1.807) is 13.0 Å². The zero-order valence-electron chi connectivity index (χ0n) is 6.77. The predicted octanol–water partition coefficient (Wildman–Crippen LogP) is 2.29. The molecule has 0 saturated carbocycles. The van der Waals surface area contributed by atoms with Crippen LogP contribution in [0.5, 0.6) is 0 Å². The Balaban J connectivity index is 0.00000121. The molecule has 0 aliphatic rings. The number of benzene rings is 1. The van der Waals surface area contributed by atoms with Gasteiger partial charge in [0.25, 0.3) is 0 Å². The Morgan fingerprint density at radius 2 is 1.83 bits per heavy atom. The minimum Gasteiger partial charge on any atom is -0.295 e. The Morgan fingerprint density at radius 1 is 1.25 bits per heavy atom. The number of allylic oxidation sites excluding steroid dienone is 1. The zero-order chi connectivity index (χ0) is 8.10. The molecule has 0 aromatic heterocycles. The fourth-order valence-corrected chi connectivity index (χ4v) is 0.778. The first kappa shape index (κ1) is 11.3. The molecule has 0 aliphatic carbocycles. The van der Waals surface area contributed by atoms with Gasteiger partial charge in [-0.2, -0.15) is 0 Å². The molecule has 2 heteroatoms. The largest absolute Gasteiger partial charge is 0.295 e. The number of ketones is 1. The molecule has 0 atom stereocenters. The summed E-state index contributed by atoms with van der Waals surface area (Å²) in [6.45, 7) is 1.54. The number of carbonyl (C=O) groups is 1. The van der Waals surface area contributed by atoms with Gasteiger partial charge in [0.05, 0.1) is 0 Å². The van der Waals surface area contributed by atoms with Gasteiger partial charge in [-0.25, -0.2) is 0 Å². The quantitative estimate of drug-likeness (QED) is 0.583. The maximum Gasteiger partial charge on any atom is 0.152 e. The molecule has 0 heterocycles. The molecule has 0 spiro atoms. The van der Waals surface area contributed by atoms with Crippen molar-refractivity contribution in [1.29, 1.82) is 0 Å². The minimum absolute atomic E-state index is 0. The molecule has 0 fully saturated rings. The van der Waals surface area contributed by atoms with E-state index in [0.29, 0.717) is 0 Å². The second-order valence-corrected chi connectivity index (χ2v) is 2.35. The third-order valence-electron chi connectivity index (χ3n) is 1.31. The van der Waals surface area contributed by atoms with Gasteiger partial charge in [0.2, 0.25) is 0 Å². The second-order valence-electron chi connectivity index (χ2n) is 2.35. The summed E-state index contributed by atoms with van der Waals surface area (Å²) in [5.41, 5.74) is 1.06. The van der Waals surface area contributed by atoms with Crippen molar-refractivity contribution >= 4 is 11.9 Å². The standard InChI is InChI=1S/C10H10O.Pd/c1-9(11)7-8-10-5-3-2-4-6-10;/h2-8H,1H3;/b8-7+;. The van der Waals surface area contributed by atoms with E-state index in [2.05, 4.69) is 0 Å². The van der Waals surface area contributed by atoms with Crippen LogP contribution in [0.4, 0.5) is 0 Å². The molecular weight excluding hydrogens is 243 g/mol. The molecule has 0 radical (unpaired) electrons. The Morgan fingerprint density at radius 3 is 2.33 bits per heavy atom. The van der Waals surface area contributed by atoms with Gasteiger partial charge in [-0.15, -0.1) is 0 Å². The molecule has 0 unspecified atom stereocenters. The molecular formula is C10H10OPd. The van der Waals surface area contributed by atoms with E-state index < -0.39 is 0 Å². The van der Waals surface area contributed by atoms with Crippen LogP contribution >= 0.6 is 0 Å². The van der Waals surface area contributed by atoms with Crippen LogP contribution in [0, 0.1) is 0 Å². The molecule has 0 aliphatic heterocycles. The van der Waals surface area contributed by atoms with Gasteiger partial charge in [-0.1, -0.05) is 36.4 Å². The first-order valence-corrected chi connectivity index (χ1v) is 3.53. The second kappa shape index (κ2) is 5.88. The first-order chi connectivity index (χ1) is 5.29. The van der Waals surface area contributed by atoms with Crippen molar-refractivity contribution in [3.05, 3.63) is 42.0 Å². The van der Waals surface area contributed by atoms with E-state index in [-0.39, 0.29) is 26.2 Å². The molecule has 0 N–H and O–H groups in total. The van der Waals surface area contributed by atoms with Gasteiger partial charge in [0, 0.05) is 20.4 Å². The molecule has 1 aromatic rings. The van der Waals surface area contributed by atoms with Crippen LogP contribution < -0.4 is 0 Å². The van der Waals surface area contributed by atoms with Crippen LogP contribution in [0.25, 0.3) is 6.08 Å². The van der Waals surface area contributed by atoms with Crippen molar-refractivity contribution in [2.45, 2.75) is 6.92 Å². The molecule has 1 rings (SSSR count). The van der Waals surface area contributed by atoms with E-state index in [9.17, 15) is 4.79 Å². The summed E-state index contributed by atoms with van der Waals surface area (Å²) in [7, 11) is 0. The first-order valence-electron chi connectivity index (χ1n) is 3.53. The third kappa shape index (κ3) is 4.23. The van der Waals surface area contributed by atoms with Gasteiger partial charge in [0.15, 0.2) is 5.78 Å². The van der Waals surface area contributed by atoms with E-state index in [1.807, 2.05) is 36.4 Å². The maximum absolute atomic E-state index is 10.5. The smallest absolute Gasteiger partial charge is 0.152 e. The number of carbonyl (C=O) groups excluding carboxylic acids is 1. The summed E-state index contributed by atoms with van der Waals surface area (Å²) in [5.74, 6) is 0.0776. The van der Waals surface area contributed by atoms with Crippen molar-refractivity contribution in [1.82, 2.24) is 0 Å². The summed E-state index contributed by atoms with van der Waals surface area (Å²) in [4.78, 5) is 10.5. The van der Waals surface area contributed by atoms with Gasteiger partial charge < -0.3 is 0 Å². The van der Waals surface area contributed by atoms with Crippen molar-refractivity contribution < 1.29 is 25.2 Å². The van der Waals surface area contributed by atoms with Crippen molar-refractivity contribution in [2.75, 3.05) is 0 Å². The fraction of sp³-hybridized carbons (Fsp3) is 0.100. The number of hydrogen-bond donors (Lipinski definition) is 0. The van der Waals surface area contributed by atoms with Crippen LogP contribution in [0.2, 0.25) is 0 Å². The van der Waals surface area contributed by atoms with Crippen LogP contribution in [0.15, 0.2) is 36.4 Å². The average molecular weight is 253 g/mol. The third-order valence-corrected chi connectivity index (χ3v) is 1.31. The van der Waals surface area contributed by atoms with E-state index >= 15 is 0 Å². The monoisotopic (exact) mass is 252 g/mol. The van der Waals surface area contributed by atoms with Gasteiger partial charge in [-0.05, 0) is 18.6 Å². The number of rotatable bonds is 2. The summed E-state index contributed by atoms with van der Waals surface area (Å²) in [6.07, 6.45) is 3.37. The molecule has 1 aromatic carbocycles. The van der Waals surface area contributed by atoms with Crippen LogP contribution in [-0.4, -0.2) is 5.78 Å². The summed E-state index contributed by atoms with van der Waals surface area (Å²) in [5, 5.41) is 0. The van der Waals surface area contributed by atoms with Crippen LogP contribution in [0.3, 0.4) is 0 Å². The van der Waals surface area contributed by atoms with Crippen LogP contribution in [-0.2, 0) is 25.2 Å². The number of hydrogen-bond acceptors (Lipinski definition) is 1. The Labute approximate surface area is 86.1 Å². The maximum atomic E-state index is 10.5.